The quantitative estimate of drug-likeness (QED) is 0.274. The lowest BCUT2D eigenvalue weighted by atomic mass is 10.1. The molecule has 7 heteroatoms. The summed E-state index contributed by atoms with van der Waals surface area (Å²) in [5.41, 5.74) is 10.4. The summed E-state index contributed by atoms with van der Waals surface area (Å²) in [5, 5.41) is 10.3. The van der Waals surface area contributed by atoms with Gasteiger partial charge in [0, 0.05) is 0 Å². The molecule has 162 valence electrons. The van der Waals surface area contributed by atoms with Gasteiger partial charge >= 0.3 is 0 Å². The molecule has 0 fully saturated rings. The number of hydrazine groups is 1. The Hall–Kier alpha value is -3.71. The molecule has 1 amide bonds. The van der Waals surface area contributed by atoms with Gasteiger partial charge in [0.15, 0.2) is 5.16 Å². The van der Waals surface area contributed by atoms with E-state index in [0.29, 0.717) is 6.54 Å². The lowest BCUT2D eigenvalue weighted by molar-refractivity contribution is -0.119. The van der Waals surface area contributed by atoms with E-state index in [2.05, 4.69) is 27.6 Å². The molecule has 0 atom stereocenters. The zero-order valence-corrected chi connectivity index (χ0v) is 18.5. The van der Waals surface area contributed by atoms with Crippen LogP contribution in [0, 0.1) is 0 Å². The monoisotopic (exact) mass is 444 g/mol. The number of nitrogens with zero attached hydrogens (tertiary/aromatic N) is 2. The van der Waals surface area contributed by atoms with E-state index in [1.807, 2.05) is 55.5 Å². The first-order valence-electron chi connectivity index (χ1n) is 10.3. The van der Waals surface area contributed by atoms with Gasteiger partial charge in [0.25, 0.3) is 0 Å². The van der Waals surface area contributed by atoms with Gasteiger partial charge in [0.05, 0.1) is 29.0 Å². The number of para-hydroxylation sites is 2. The van der Waals surface area contributed by atoms with Crippen LogP contribution in [0.3, 0.4) is 0 Å². The fourth-order valence-corrected chi connectivity index (χ4v) is 4.15. The maximum absolute atomic E-state index is 12.5. The zero-order chi connectivity index (χ0) is 22.3. The minimum atomic E-state index is -0.161. The molecule has 0 aliphatic heterocycles. The first-order valence-corrected chi connectivity index (χ1v) is 11.2. The van der Waals surface area contributed by atoms with E-state index in [0.717, 1.165) is 27.5 Å². The minimum Gasteiger partial charge on any atom is -0.508 e. The second kappa shape index (κ2) is 10.1. The number of allylic oxidation sites excluding steroid dienone is 1. The first kappa shape index (κ1) is 21.5. The number of phenols is 1. The summed E-state index contributed by atoms with van der Waals surface area (Å²) in [6.07, 6.45) is 1.86. The number of amides is 1. The maximum Gasteiger partial charge on any atom is 0.248 e. The Morgan fingerprint density at radius 1 is 1.00 bits per heavy atom. The van der Waals surface area contributed by atoms with Gasteiger partial charge in [0.1, 0.15) is 5.75 Å². The number of aromatic hydroxyl groups is 1. The van der Waals surface area contributed by atoms with Crippen LogP contribution in [-0.2, 0) is 11.3 Å². The molecule has 3 N–H and O–H groups in total. The van der Waals surface area contributed by atoms with Crippen LogP contribution >= 0.6 is 11.8 Å². The van der Waals surface area contributed by atoms with E-state index in [1.165, 1.54) is 17.3 Å². The molecule has 0 bridgehead atoms. The Morgan fingerprint density at radius 3 is 2.47 bits per heavy atom. The molecule has 0 saturated heterocycles. The Kier molecular flexibility index (Phi) is 6.77. The van der Waals surface area contributed by atoms with Crippen molar-refractivity contribution in [2.75, 3.05) is 5.75 Å². The molecule has 0 aliphatic carbocycles. The van der Waals surface area contributed by atoms with Gasteiger partial charge in [-0.05, 0) is 54.4 Å². The van der Waals surface area contributed by atoms with Crippen molar-refractivity contribution < 1.29 is 9.90 Å². The Labute approximate surface area is 191 Å². The van der Waals surface area contributed by atoms with Crippen LogP contribution in [0.5, 0.6) is 5.75 Å². The standard InChI is InChI=1S/C25H24N4O2S/c1-2-21(19-12-14-20(30)15-13-19)27-28-24(31)17-32-25-26-22-10-6-7-11-23(22)29(25)16-18-8-4-3-5-9-18/h2-15,27,30H,16-17H2,1H3,(H,28,31)/b21-2-. The van der Waals surface area contributed by atoms with Gasteiger partial charge in [-0.2, -0.15) is 0 Å². The third kappa shape index (κ3) is 5.12. The van der Waals surface area contributed by atoms with E-state index in [4.69, 9.17) is 4.98 Å². The molecule has 4 aromatic rings. The summed E-state index contributed by atoms with van der Waals surface area (Å²) in [6.45, 7) is 2.56. The molecule has 32 heavy (non-hydrogen) atoms. The van der Waals surface area contributed by atoms with Crippen LogP contribution < -0.4 is 10.9 Å². The number of rotatable bonds is 8. The molecule has 0 spiro atoms. The SMILES string of the molecule is C/C=C(\NNC(=O)CSc1nc2ccccc2n1Cc1ccccc1)c1ccc(O)cc1. The number of imidazole rings is 1. The van der Waals surface area contributed by atoms with Gasteiger partial charge in [-0.25, -0.2) is 4.98 Å². The lowest BCUT2D eigenvalue weighted by Gasteiger charge is -2.13. The second-order valence-corrected chi connectivity index (χ2v) is 8.11. The highest BCUT2D eigenvalue weighted by Crippen LogP contribution is 2.25. The van der Waals surface area contributed by atoms with Gasteiger partial charge in [-0.3, -0.25) is 15.6 Å². The van der Waals surface area contributed by atoms with Crippen LogP contribution in [0.4, 0.5) is 0 Å². The molecule has 4 rings (SSSR count). The second-order valence-electron chi connectivity index (χ2n) is 7.17. The van der Waals surface area contributed by atoms with Crippen LogP contribution in [-0.4, -0.2) is 26.3 Å². The molecule has 3 aromatic carbocycles. The lowest BCUT2D eigenvalue weighted by Crippen LogP contribution is -2.37. The number of aromatic nitrogens is 2. The maximum atomic E-state index is 12.5. The highest BCUT2D eigenvalue weighted by Gasteiger charge is 2.13. The number of fused-ring (bicyclic) bond motifs is 1. The molecule has 0 aliphatic rings. The number of hydrogen-bond donors (Lipinski definition) is 3. The van der Waals surface area contributed by atoms with Crippen LogP contribution in [0.1, 0.15) is 18.1 Å². The number of thioether (sulfide) groups is 1. The number of hydrogen-bond acceptors (Lipinski definition) is 5. The van der Waals surface area contributed by atoms with Crippen molar-refractivity contribution >= 4 is 34.4 Å². The third-order valence-electron chi connectivity index (χ3n) is 4.94. The summed E-state index contributed by atoms with van der Waals surface area (Å²) >= 11 is 1.40. The molecule has 1 heterocycles. The van der Waals surface area contributed by atoms with Crippen molar-refractivity contribution in [3.8, 4) is 5.75 Å². The number of phenolic OH excluding ortho intramolecular Hbond substituents is 1. The highest BCUT2D eigenvalue weighted by atomic mass is 32.2. The topological polar surface area (TPSA) is 79.2 Å². The van der Waals surface area contributed by atoms with E-state index in [9.17, 15) is 9.90 Å². The Balaban J connectivity index is 1.43. The van der Waals surface area contributed by atoms with Crippen LogP contribution in [0.2, 0.25) is 0 Å². The first-order chi connectivity index (χ1) is 15.6. The average Bonchev–Trinajstić information content (AvgIpc) is 3.17. The Morgan fingerprint density at radius 2 is 1.72 bits per heavy atom. The zero-order valence-electron chi connectivity index (χ0n) is 17.7. The van der Waals surface area contributed by atoms with Crippen molar-refractivity contribution in [3.05, 3.63) is 96.1 Å². The fourth-order valence-electron chi connectivity index (χ4n) is 3.34. The molecular formula is C25H24N4O2S. The van der Waals surface area contributed by atoms with Crippen LogP contribution in [0.15, 0.2) is 90.1 Å². The molecule has 1 aromatic heterocycles. The van der Waals surface area contributed by atoms with Gasteiger partial charge in [-0.15, -0.1) is 0 Å². The minimum absolute atomic E-state index is 0.161. The van der Waals surface area contributed by atoms with Crippen molar-refractivity contribution in [2.45, 2.75) is 18.6 Å². The normalized spacial score (nSPS) is 11.5. The summed E-state index contributed by atoms with van der Waals surface area (Å²) in [5.74, 6) is 0.256. The molecule has 0 saturated carbocycles. The summed E-state index contributed by atoms with van der Waals surface area (Å²) < 4.78 is 2.14. The number of carbonyl (C=O) groups excluding carboxylic acids is 1. The van der Waals surface area contributed by atoms with Crippen molar-refractivity contribution in [2.24, 2.45) is 0 Å². The van der Waals surface area contributed by atoms with Gasteiger partial charge < -0.3 is 9.67 Å². The molecule has 0 radical (unpaired) electrons. The number of carbonyl (C=O) groups is 1. The highest BCUT2D eigenvalue weighted by molar-refractivity contribution is 7.99. The number of nitrogens with one attached hydrogen (secondary N) is 2. The number of benzene rings is 3. The average molecular weight is 445 g/mol. The van der Waals surface area contributed by atoms with Gasteiger partial charge in [-0.1, -0.05) is 60.3 Å². The smallest absolute Gasteiger partial charge is 0.248 e. The molecular weight excluding hydrogens is 420 g/mol. The molecule has 0 unspecified atom stereocenters. The summed E-state index contributed by atoms with van der Waals surface area (Å²) in [4.78, 5) is 17.2. The van der Waals surface area contributed by atoms with Crippen molar-refractivity contribution in [3.63, 3.8) is 0 Å². The largest absolute Gasteiger partial charge is 0.508 e. The molecule has 6 nitrogen and oxygen atoms in total. The predicted octanol–water partition coefficient (Wildman–Crippen LogP) is 4.56. The summed E-state index contributed by atoms with van der Waals surface area (Å²) in [7, 11) is 0. The van der Waals surface area contributed by atoms with Crippen LogP contribution in [0.25, 0.3) is 16.7 Å². The summed E-state index contributed by atoms with van der Waals surface area (Å²) in [6, 6.07) is 25.0. The van der Waals surface area contributed by atoms with Crippen molar-refractivity contribution in [1.82, 2.24) is 20.4 Å². The fraction of sp³-hybridized carbons (Fsp3) is 0.120. The van der Waals surface area contributed by atoms with E-state index >= 15 is 0 Å². The van der Waals surface area contributed by atoms with E-state index in [1.54, 1.807) is 24.3 Å². The third-order valence-corrected chi connectivity index (χ3v) is 5.92. The predicted molar refractivity (Wildman–Crippen MR) is 129 cm³/mol. The van der Waals surface area contributed by atoms with Crippen molar-refractivity contribution in [1.29, 1.82) is 0 Å². The van der Waals surface area contributed by atoms with Gasteiger partial charge in [0.2, 0.25) is 5.91 Å². The van der Waals surface area contributed by atoms with E-state index < -0.39 is 0 Å². The van der Waals surface area contributed by atoms with E-state index in [-0.39, 0.29) is 17.4 Å². The Bertz CT molecular complexity index is 1230.